The maximum absolute atomic E-state index is 13.2. The number of thiol groups is 1. The van der Waals surface area contributed by atoms with Crippen molar-refractivity contribution in [3.8, 4) is 0 Å². The molecule has 1 aromatic carbocycles. The molecule has 14 nitrogen and oxygen atoms in total. The first kappa shape index (κ1) is 30.1. The Bertz CT molecular complexity index is 1200. The summed E-state index contributed by atoms with van der Waals surface area (Å²) >= 11 is 3.97. The fraction of sp³-hybridized carbons (Fsp3) is 0.391. The number of nitrogens with two attached hydrogens (primary N) is 1. The van der Waals surface area contributed by atoms with Gasteiger partial charge in [-0.3, -0.25) is 24.0 Å². The summed E-state index contributed by atoms with van der Waals surface area (Å²) in [6.45, 7) is 0. The van der Waals surface area contributed by atoms with Crippen LogP contribution in [0.5, 0.6) is 0 Å². The van der Waals surface area contributed by atoms with Crippen molar-refractivity contribution in [3.05, 3.63) is 36.0 Å². The molecule has 4 unspecified atom stereocenters. The van der Waals surface area contributed by atoms with Crippen LogP contribution >= 0.6 is 12.6 Å². The molecule has 0 saturated heterocycles. The second kappa shape index (κ2) is 14.0. The highest BCUT2D eigenvalue weighted by atomic mass is 32.1. The Balaban J connectivity index is 2.28. The van der Waals surface area contributed by atoms with E-state index in [4.69, 9.17) is 10.8 Å². The van der Waals surface area contributed by atoms with Gasteiger partial charge in [-0.15, -0.1) is 0 Å². The van der Waals surface area contributed by atoms with E-state index in [1.54, 1.807) is 30.5 Å². The number of aromatic nitrogens is 1. The summed E-state index contributed by atoms with van der Waals surface area (Å²) < 4.78 is 0. The van der Waals surface area contributed by atoms with E-state index in [0.29, 0.717) is 5.56 Å². The maximum Gasteiger partial charge on any atom is 0.326 e. The van der Waals surface area contributed by atoms with Crippen LogP contribution < -0.4 is 21.7 Å². The molecule has 0 radical (unpaired) electrons. The number of nitrogens with one attached hydrogen (secondary N) is 4. The van der Waals surface area contributed by atoms with Gasteiger partial charge in [-0.2, -0.15) is 12.6 Å². The first-order chi connectivity index (χ1) is 17.9. The standard InChI is InChI=1S/C23H29N5O9S/c24-13(10-38)20(33)27-16(7-11-9-25-14-4-2-1-3-12(11)14)21(34)28-17(8-19(31)32)22(35)26-15(23(36)37)5-6-18(29)30/h1-4,9,13,15-17,25,38H,5-8,10,24H2,(H,26,35)(H,27,33)(H,28,34)(H,29,30)(H,31,32)(H,36,37). The van der Waals surface area contributed by atoms with Crippen molar-refractivity contribution >= 4 is 59.2 Å². The number of aromatic amines is 1. The van der Waals surface area contributed by atoms with Crippen molar-refractivity contribution in [1.82, 2.24) is 20.9 Å². The summed E-state index contributed by atoms with van der Waals surface area (Å²) in [5.74, 6) is -7.11. The van der Waals surface area contributed by atoms with Crippen molar-refractivity contribution in [2.45, 2.75) is 49.9 Å². The molecule has 2 rings (SSSR count). The molecule has 0 fully saturated rings. The molecule has 1 heterocycles. The third kappa shape index (κ3) is 8.77. The molecular formula is C23H29N5O9S. The minimum Gasteiger partial charge on any atom is -0.481 e. The molecule has 0 aliphatic rings. The fourth-order valence-corrected chi connectivity index (χ4v) is 3.71. The first-order valence-corrected chi connectivity index (χ1v) is 12.0. The van der Waals surface area contributed by atoms with Gasteiger partial charge in [0.25, 0.3) is 0 Å². The van der Waals surface area contributed by atoms with E-state index in [1.165, 1.54) is 0 Å². The molecule has 0 bridgehead atoms. The number of hydrogen-bond acceptors (Lipinski definition) is 8. The number of benzene rings is 1. The van der Waals surface area contributed by atoms with E-state index >= 15 is 0 Å². The predicted octanol–water partition coefficient (Wildman–Crippen LogP) is -1.15. The fourth-order valence-electron chi connectivity index (χ4n) is 3.55. The molecule has 4 atom stereocenters. The van der Waals surface area contributed by atoms with Crippen LogP contribution in [0.3, 0.4) is 0 Å². The summed E-state index contributed by atoms with van der Waals surface area (Å²) in [5.41, 5.74) is 7.12. The van der Waals surface area contributed by atoms with Gasteiger partial charge >= 0.3 is 17.9 Å². The van der Waals surface area contributed by atoms with E-state index in [0.717, 1.165) is 10.9 Å². The number of fused-ring (bicyclic) bond motifs is 1. The number of H-pyrrole nitrogens is 1. The molecule has 3 amide bonds. The largest absolute Gasteiger partial charge is 0.481 e. The number of carbonyl (C=O) groups is 6. The number of carboxylic acid groups (broad SMARTS) is 3. The SMILES string of the molecule is NC(CS)C(=O)NC(Cc1c[nH]c2ccccc12)C(=O)NC(CC(=O)O)C(=O)NC(CCC(=O)O)C(=O)O. The molecule has 38 heavy (non-hydrogen) atoms. The summed E-state index contributed by atoms with van der Waals surface area (Å²) in [6, 6.07) is 1.46. The van der Waals surface area contributed by atoms with Crippen LogP contribution in [0.1, 0.15) is 24.8 Å². The summed E-state index contributed by atoms with van der Waals surface area (Å²) in [6.07, 6.45) is -0.370. The average Bonchev–Trinajstić information content (AvgIpc) is 3.27. The molecule has 206 valence electrons. The van der Waals surface area contributed by atoms with E-state index < -0.39 is 79.1 Å². The third-order valence-corrected chi connectivity index (χ3v) is 5.93. The number of carboxylic acids is 3. The van der Waals surface area contributed by atoms with Crippen molar-refractivity contribution in [2.24, 2.45) is 5.73 Å². The highest BCUT2D eigenvalue weighted by molar-refractivity contribution is 7.80. The van der Waals surface area contributed by atoms with Gasteiger partial charge in [0.15, 0.2) is 0 Å². The molecule has 0 spiro atoms. The minimum absolute atomic E-state index is 0.0236. The highest BCUT2D eigenvalue weighted by Crippen LogP contribution is 2.19. The van der Waals surface area contributed by atoms with Crippen LogP contribution in [0.2, 0.25) is 0 Å². The average molecular weight is 552 g/mol. The Morgan fingerprint density at radius 1 is 0.868 bits per heavy atom. The maximum atomic E-state index is 13.2. The van der Waals surface area contributed by atoms with E-state index in [2.05, 4.69) is 33.6 Å². The van der Waals surface area contributed by atoms with Crippen LogP contribution in [0, 0.1) is 0 Å². The third-order valence-electron chi connectivity index (χ3n) is 5.54. The second-order valence-electron chi connectivity index (χ2n) is 8.40. The van der Waals surface area contributed by atoms with E-state index in [1.807, 2.05) is 0 Å². The molecule has 2 aromatic rings. The number of carbonyl (C=O) groups excluding carboxylic acids is 3. The van der Waals surface area contributed by atoms with Crippen molar-refractivity contribution in [1.29, 1.82) is 0 Å². The van der Waals surface area contributed by atoms with Gasteiger partial charge in [-0.05, 0) is 18.1 Å². The van der Waals surface area contributed by atoms with Crippen LogP contribution in [0.15, 0.2) is 30.5 Å². The first-order valence-electron chi connectivity index (χ1n) is 11.4. The quantitative estimate of drug-likeness (QED) is 0.120. The monoisotopic (exact) mass is 551 g/mol. The Kier molecular flexibility index (Phi) is 11.1. The van der Waals surface area contributed by atoms with Gasteiger partial charge < -0.3 is 42.0 Å². The molecule has 0 saturated carbocycles. The molecule has 1 aromatic heterocycles. The van der Waals surface area contributed by atoms with Gasteiger partial charge in [-0.25, -0.2) is 4.79 Å². The molecule has 0 aliphatic carbocycles. The zero-order valence-corrected chi connectivity index (χ0v) is 20.9. The molecule has 15 heteroatoms. The van der Waals surface area contributed by atoms with Crippen molar-refractivity contribution < 1.29 is 44.1 Å². The van der Waals surface area contributed by atoms with Crippen molar-refractivity contribution in [3.63, 3.8) is 0 Å². The Morgan fingerprint density at radius 2 is 1.47 bits per heavy atom. The topological polar surface area (TPSA) is 241 Å². The van der Waals surface area contributed by atoms with E-state index in [-0.39, 0.29) is 12.2 Å². The van der Waals surface area contributed by atoms with Crippen LogP contribution in [0.25, 0.3) is 10.9 Å². The lowest BCUT2D eigenvalue weighted by Crippen LogP contribution is -2.58. The Hall–Kier alpha value is -4.11. The molecule has 0 aliphatic heterocycles. The Morgan fingerprint density at radius 3 is 2.08 bits per heavy atom. The van der Waals surface area contributed by atoms with Crippen molar-refractivity contribution in [2.75, 3.05) is 5.75 Å². The number of para-hydroxylation sites is 1. The summed E-state index contributed by atoms with van der Waals surface area (Å²) in [5, 5.41) is 34.9. The molecular weight excluding hydrogens is 522 g/mol. The lowest BCUT2D eigenvalue weighted by Gasteiger charge is -2.24. The smallest absolute Gasteiger partial charge is 0.326 e. The zero-order chi connectivity index (χ0) is 28.4. The lowest BCUT2D eigenvalue weighted by molar-refractivity contribution is -0.144. The predicted molar refractivity (Wildman–Crippen MR) is 136 cm³/mol. The minimum atomic E-state index is -1.73. The van der Waals surface area contributed by atoms with Crippen LogP contribution in [0.4, 0.5) is 0 Å². The van der Waals surface area contributed by atoms with Gasteiger partial charge in [0.2, 0.25) is 17.7 Å². The summed E-state index contributed by atoms with van der Waals surface area (Å²) in [4.78, 5) is 75.1. The number of hydrogen-bond donors (Lipinski definition) is 9. The van der Waals surface area contributed by atoms with E-state index in [9.17, 15) is 39.0 Å². The van der Waals surface area contributed by atoms with Gasteiger partial charge in [0.05, 0.1) is 12.5 Å². The normalized spacial score (nSPS) is 14.1. The lowest BCUT2D eigenvalue weighted by atomic mass is 10.0. The van der Waals surface area contributed by atoms with Gasteiger partial charge in [0.1, 0.15) is 18.1 Å². The number of rotatable bonds is 15. The number of amides is 3. The highest BCUT2D eigenvalue weighted by Gasteiger charge is 2.32. The summed E-state index contributed by atoms with van der Waals surface area (Å²) in [7, 11) is 0. The van der Waals surface area contributed by atoms with Gasteiger partial charge in [0, 0.05) is 35.7 Å². The molecule has 9 N–H and O–H groups in total. The van der Waals surface area contributed by atoms with Crippen LogP contribution in [-0.2, 0) is 35.2 Å². The second-order valence-corrected chi connectivity index (χ2v) is 8.77. The Labute approximate surface area is 221 Å². The van der Waals surface area contributed by atoms with Crippen LogP contribution in [-0.4, -0.2) is 85.9 Å². The number of aliphatic carboxylic acids is 3. The zero-order valence-electron chi connectivity index (χ0n) is 20.0. The van der Waals surface area contributed by atoms with Gasteiger partial charge in [-0.1, -0.05) is 18.2 Å².